The Morgan fingerprint density at radius 3 is 1.60 bits per heavy atom. The molecule has 0 radical (unpaired) electrons. The Kier molecular flexibility index (Phi) is 26.0. The van der Waals surface area contributed by atoms with Gasteiger partial charge in [0.1, 0.15) is 5.38 Å². The molecule has 0 saturated heterocycles. The lowest BCUT2D eigenvalue weighted by Crippen LogP contribution is -1.77. The summed E-state index contributed by atoms with van der Waals surface area (Å²) >= 11 is 5.10. The summed E-state index contributed by atoms with van der Waals surface area (Å²) < 4.78 is 0. The predicted molar refractivity (Wildman–Crippen MR) is 46.5 cm³/mol. The van der Waals surface area contributed by atoms with Gasteiger partial charge < -0.3 is 6.15 Å². The highest BCUT2D eigenvalue weighted by Gasteiger charge is 1.82. The average Bonchev–Trinajstić information content (AvgIpc) is 1.89. The molecule has 0 aromatic carbocycles. The average molecular weight is 165 g/mol. The van der Waals surface area contributed by atoms with E-state index in [4.69, 9.17) is 16.9 Å². The Morgan fingerprint density at radius 1 is 1.40 bits per heavy atom. The van der Waals surface area contributed by atoms with Gasteiger partial charge in [0.25, 0.3) is 0 Å². The summed E-state index contributed by atoms with van der Waals surface area (Å²) in [5.41, 5.74) is 0. The van der Waals surface area contributed by atoms with E-state index in [9.17, 15) is 0 Å². The van der Waals surface area contributed by atoms with E-state index >= 15 is 0 Å². The van der Waals surface area contributed by atoms with Crippen LogP contribution in [0.2, 0.25) is 0 Å². The van der Waals surface area contributed by atoms with Gasteiger partial charge in [-0.3, -0.25) is 0 Å². The molecule has 3 N–H and O–H groups in total. The number of halogens is 1. The first kappa shape index (κ1) is 16.4. The zero-order chi connectivity index (χ0) is 7.70. The summed E-state index contributed by atoms with van der Waals surface area (Å²) in [5, 5.41) is 7.42. The maximum absolute atomic E-state index is 7.76. The van der Waals surface area contributed by atoms with Crippen molar-refractivity contribution in [1.82, 2.24) is 6.15 Å². The van der Waals surface area contributed by atoms with Gasteiger partial charge >= 0.3 is 0 Å². The second-order valence-corrected chi connectivity index (χ2v) is 2.40. The molecule has 1 atom stereocenters. The molecule has 3 heteroatoms. The van der Waals surface area contributed by atoms with Gasteiger partial charge in [-0.2, -0.15) is 5.26 Å². The number of rotatable bonds is 1. The van der Waals surface area contributed by atoms with Gasteiger partial charge in [0.15, 0.2) is 0 Å². The first-order valence-electron chi connectivity index (χ1n) is 3.22. The van der Waals surface area contributed by atoms with E-state index in [0.717, 1.165) is 0 Å². The third-order valence-corrected chi connectivity index (χ3v) is 0.775. The van der Waals surface area contributed by atoms with E-state index in [2.05, 4.69) is 13.8 Å². The molecule has 1 unspecified atom stereocenters. The Bertz CT molecular complexity index is 74.2. The summed E-state index contributed by atoms with van der Waals surface area (Å²) in [7, 11) is 0. The molecule has 10 heavy (non-hydrogen) atoms. The molecule has 2 nitrogen and oxygen atoms in total. The summed E-state index contributed by atoms with van der Waals surface area (Å²) in [4.78, 5) is 0. The van der Waals surface area contributed by atoms with E-state index in [-0.39, 0.29) is 11.5 Å². The SMILES string of the molecule is CC(Cl)C#N.CCCC.N. The van der Waals surface area contributed by atoms with Crippen LogP contribution in [0.3, 0.4) is 0 Å². The van der Waals surface area contributed by atoms with Crippen LogP contribution in [0, 0.1) is 11.3 Å². The number of nitriles is 1. The fourth-order valence-electron chi connectivity index (χ4n) is 0. The molecule has 62 valence electrons. The van der Waals surface area contributed by atoms with Gasteiger partial charge in [0.2, 0.25) is 0 Å². The molecular weight excluding hydrogens is 148 g/mol. The van der Waals surface area contributed by atoms with Crippen molar-refractivity contribution in [3.05, 3.63) is 0 Å². The third-order valence-electron chi connectivity index (χ3n) is 0.678. The fourth-order valence-corrected chi connectivity index (χ4v) is 0. The third kappa shape index (κ3) is 46.8. The minimum Gasteiger partial charge on any atom is -0.344 e. The molecule has 0 rings (SSSR count). The van der Waals surface area contributed by atoms with Gasteiger partial charge in [-0.25, -0.2) is 0 Å². The monoisotopic (exact) mass is 164 g/mol. The Labute approximate surface area is 68.8 Å². The molecule has 0 aliphatic rings. The first-order valence-corrected chi connectivity index (χ1v) is 3.66. The van der Waals surface area contributed by atoms with Crippen LogP contribution < -0.4 is 6.15 Å². The number of alkyl halides is 1. The first-order chi connectivity index (χ1) is 4.18. The second-order valence-electron chi connectivity index (χ2n) is 1.75. The molecule has 0 amide bonds. The number of hydrogen-bond acceptors (Lipinski definition) is 2. The molecule has 0 aromatic heterocycles. The van der Waals surface area contributed by atoms with Crippen molar-refractivity contribution in [2.75, 3.05) is 0 Å². The van der Waals surface area contributed by atoms with Gasteiger partial charge in [0.05, 0.1) is 6.07 Å². The van der Waals surface area contributed by atoms with Gasteiger partial charge in [-0.05, 0) is 6.92 Å². The van der Waals surface area contributed by atoms with E-state index in [1.54, 1.807) is 13.0 Å². The van der Waals surface area contributed by atoms with Crippen molar-refractivity contribution in [3.8, 4) is 6.07 Å². The lowest BCUT2D eigenvalue weighted by molar-refractivity contribution is 0.886. The van der Waals surface area contributed by atoms with E-state index in [1.807, 2.05) is 0 Å². The summed E-state index contributed by atoms with van der Waals surface area (Å²) in [6.45, 7) is 5.99. The molecule has 0 spiro atoms. The van der Waals surface area contributed by atoms with Crippen molar-refractivity contribution < 1.29 is 0 Å². The van der Waals surface area contributed by atoms with Crippen molar-refractivity contribution in [3.63, 3.8) is 0 Å². The highest BCUT2D eigenvalue weighted by molar-refractivity contribution is 6.21. The lowest BCUT2D eigenvalue weighted by Gasteiger charge is -1.72. The molecule has 0 bridgehead atoms. The topological polar surface area (TPSA) is 58.8 Å². The normalized spacial score (nSPS) is 9.50. The molecule has 0 fully saturated rings. The number of nitrogens with zero attached hydrogens (tertiary/aromatic N) is 1. The summed E-state index contributed by atoms with van der Waals surface area (Å²) in [5.74, 6) is 0. The van der Waals surface area contributed by atoms with Crippen LogP contribution in [0.4, 0.5) is 0 Å². The van der Waals surface area contributed by atoms with Crippen molar-refractivity contribution in [1.29, 1.82) is 5.26 Å². The molecule has 0 saturated carbocycles. The fraction of sp³-hybridized carbons (Fsp3) is 0.857. The summed E-state index contributed by atoms with van der Waals surface area (Å²) in [6.07, 6.45) is 2.64. The maximum atomic E-state index is 7.76. The number of unbranched alkanes of at least 4 members (excludes halogenated alkanes) is 1. The van der Waals surface area contributed by atoms with Crippen LogP contribution in [0.25, 0.3) is 0 Å². The molecular formula is C7H17ClN2. The van der Waals surface area contributed by atoms with Gasteiger partial charge in [-0.1, -0.05) is 26.7 Å². The second kappa shape index (κ2) is 15.9. The zero-order valence-electron chi connectivity index (χ0n) is 7.02. The van der Waals surface area contributed by atoms with Crippen LogP contribution in [0.1, 0.15) is 33.6 Å². The van der Waals surface area contributed by atoms with Crippen molar-refractivity contribution in [2.24, 2.45) is 0 Å². The van der Waals surface area contributed by atoms with E-state index in [0.29, 0.717) is 0 Å². The Hall–Kier alpha value is -0.260. The van der Waals surface area contributed by atoms with Gasteiger partial charge in [0, 0.05) is 0 Å². The molecule has 0 aliphatic carbocycles. The van der Waals surface area contributed by atoms with Crippen LogP contribution >= 0.6 is 11.6 Å². The van der Waals surface area contributed by atoms with Crippen LogP contribution in [0.15, 0.2) is 0 Å². The molecule has 0 aliphatic heterocycles. The summed E-state index contributed by atoms with van der Waals surface area (Å²) in [6, 6.07) is 1.79. The van der Waals surface area contributed by atoms with E-state index in [1.165, 1.54) is 12.8 Å². The van der Waals surface area contributed by atoms with Crippen molar-refractivity contribution in [2.45, 2.75) is 39.0 Å². The highest BCUT2D eigenvalue weighted by Crippen LogP contribution is 1.85. The smallest absolute Gasteiger partial charge is 0.117 e. The van der Waals surface area contributed by atoms with Crippen LogP contribution in [0.5, 0.6) is 0 Å². The van der Waals surface area contributed by atoms with Crippen molar-refractivity contribution >= 4 is 11.6 Å². The quantitative estimate of drug-likeness (QED) is 0.606. The Morgan fingerprint density at radius 2 is 1.60 bits per heavy atom. The molecule has 0 aromatic rings. The standard InChI is InChI=1S/C4H10.C3H4ClN.H3N/c1-3-4-2;1-3(4)2-5;/h3-4H2,1-2H3;3H,1H3;1H3. The lowest BCUT2D eigenvalue weighted by atomic mass is 10.4. The largest absolute Gasteiger partial charge is 0.344 e. The van der Waals surface area contributed by atoms with Gasteiger partial charge in [-0.15, -0.1) is 11.6 Å². The minimum atomic E-state index is -0.338. The molecule has 0 heterocycles. The maximum Gasteiger partial charge on any atom is 0.117 e. The zero-order valence-corrected chi connectivity index (χ0v) is 7.78. The minimum absolute atomic E-state index is 0. The van der Waals surface area contributed by atoms with Crippen LogP contribution in [-0.2, 0) is 0 Å². The van der Waals surface area contributed by atoms with Crippen LogP contribution in [-0.4, -0.2) is 5.38 Å². The number of hydrogen-bond donors (Lipinski definition) is 1. The Balaban J connectivity index is -0.0000000910. The predicted octanol–water partition coefficient (Wildman–Crippen LogP) is 3.11. The highest BCUT2D eigenvalue weighted by atomic mass is 35.5. The van der Waals surface area contributed by atoms with E-state index < -0.39 is 0 Å².